The fourth-order valence-electron chi connectivity index (χ4n) is 3.77. The van der Waals surface area contributed by atoms with Crippen LogP contribution in [0.15, 0.2) is 53.4 Å². The number of hydrogen-bond acceptors (Lipinski definition) is 8. The summed E-state index contributed by atoms with van der Waals surface area (Å²) in [5, 5.41) is 14.2. The predicted molar refractivity (Wildman–Crippen MR) is 140 cm³/mol. The number of carbonyl (C=O) groups is 3. The number of carbonyl (C=O) groups excluding carboxylic acids is 3. The number of anilines is 3. The molecule has 0 spiro atoms. The van der Waals surface area contributed by atoms with E-state index in [4.69, 9.17) is 0 Å². The van der Waals surface area contributed by atoms with Gasteiger partial charge in [0, 0.05) is 44.2 Å². The normalized spacial score (nSPS) is 15.6. The number of amides is 3. The molecule has 0 aliphatic carbocycles. The Morgan fingerprint density at radius 2 is 1.76 bits per heavy atom. The van der Waals surface area contributed by atoms with Gasteiger partial charge in [0.25, 0.3) is 0 Å². The van der Waals surface area contributed by atoms with E-state index in [0.717, 1.165) is 16.9 Å². The van der Waals surface area contributed by atoms with E-state index < -0.39 is 15.9 Å². The van der Waals surface area contributed by atoms with Crippen LogP contribution >= 0.6 is 11.3 Å². The quantitative estimate of drug-likeness (QED) is 0.375. The molecule has 4 rings (SSSR count). The summed E-state index contributed by atoms with van der Waals surface area (Å²) in [7, 11) is -3.63. The molecule has 1 aliphatic rings. The Hall–Kier alpha value is -3.68. The third-order valence-electron chi connectivity index (χ3n) is 5.65. The van der Waals surface area contributed by atoms with E-state index in [2.05, 4.69) is 25.6 Å². The van der Waals surface area contributed by atoms with Crippen LogP contribution in [0.25, 0.3) is 0 Å². The van der Waals surface area contributed by atoms with E-state index in [1.54, 1.807) is 48.5 Å². The maximum atomic E-state index is 12.8. The molecular formula is C24H26N6O5S2. The predicted octanol–water partition coefficient (Wildman–Crippen LogP) is 2.32. The molecule has 3 aromatic rings. The van der Waals surface area contributed by atoms with E-state index in [9.17, 15) is 22.8 Å². The number of sulfonamides is 1. The van der Waals surface area contributed by atoms with Crippen LogP contribution in [0.3, 0.4) is 0 Å². The highest BCUT2D eigenvalue weighted by atomic mass is 32.2. The molecule has 13 heteroatoms. The number of rotatable bonds is 9. The lowest BCUT2D eigenvalue weighted by Crippen LogP contribution is -2.28. The summed E-state index contributed by atoms with van der Waals surface area (Å²) in [5.41, 5.74) is 2.22. The second kappa shape index (κ2) is 11.2. The van der Waals surface area contributed by atoms with Crippen molar-refractivity contribution < 1.29 is 22.8 Å². The van der Waals surface area contributed by atoms with E-state index in [0.29, 0.717) is 22.8 Å². The summed E-state index contributed by atoms with van der Waals surface area (Å²) in [6.45, 7) is 3.64. The average Bonchev–Trinajstić information content (AvgIpc) is 3.45. The molecule has 37 heavy (non-hydrogen) atoms. The molecule has 3 amide bonds. The first kappa shape index (κ1) is 26.4. The molecule has 2 heterocycles. The van der Waals surface area contributed by atoms with Gasteiger partial charge in [-0.05, 0) is 43.3 Å². The Morgan fingerprint density at radius 1 is 1.05 bits per heavy atom. The van der Waals surface area contributed by atoms with E-state index >= 15 is 0 Å². The fourth-order valence-corrected chi connectivity index (χ4v) is 5.54. The fraction of sp³-hybridized carbons (Fsp3) is 0.292. The van der Waals surface area contributed by atoms with Crippen LogP contribution in [-0.2, 0) is 30.8 Å². The lowest BCUT2D eigenvalue weighted by Gasteiger charge is -2.17. The summed E-state index contributed by atoms with van der Waals surface area (Å²) in [6, 6.07) is 13.4. The van der Waals surface area contributed by atoms with Gasteiger partial charge in [-0.15, -0.1) is 10.2 Å². The van der Waals surface area contributed by atoms with Gasteiger partial charge in [-0.2, -0.15) is 0 Å². The molecule has 0 bridgehead atoms. The molecule has 1 aliphatic heterocycles. The van der Waals surface area contributed by atoms with Crippen LogP contribution in [0.1, 0.15) is 23.9 Å². The first-order valence-electron chi connectivity index (χ1n) is 11.5. The zero-order chi connectivity index (χ0) is 26.6. The number of hydrogen-bond donors (Lipinski definition) is 3. The summed E-state index contributed by atoms with van der Waals surface area (Å²) < 4.78 is 27.3. The van der Waals surface area contributed by atoms with E-state index in [-0.39, 0.29) is 47.3 Å². The van der Waals surface area contributed by atoms with Crippen LogP contribution in [-0.4, -0.2) is 49.4 Å². The first-order valence-corrected chi connectivity index (χ1v) is 13.8. The van der Waals surface area contributed by atoms with Gasteiger partial charge in [-0.1, -0.05) is 29.0 Å². The highest BCUT2D eigenvalue weighted by Gasteiger charge is 2.35. The van der Waals surface area contributed by atoms with Crippen molar-refractivity contribution in [2.75, 3.05) is 28.6 Å². The Morgan fingerprint density at radius 3 is 2.43 bits per heavy atom. The number of nitrogens with one attached hydrogen (secondary N) is 3. The van der Waals surface area contributed by atoms with Crippen molar-refractivity contribution >= 4 is 55.6 Å². The molecule has 3 N–H and O–H groups in total. The van der Waals surface area contributed by atoms with Crippen molar-refractivity contribution in [2.45, 2.75) is 31.6 Å². The van der Waals surface area contributed by atoms with Gasteiger partial charge in [0.2, 0.25) is 32.9 Å². The van der Waals surface area contributed by atoms with E-state index in [1.807, 2.05) is 6.92 Å². The van der Waals surface area contributed by atoms with Gasteiger partial charge in [-0.25, -0.2) is 13.1 Å². The monoisotopic (exact) mass is 542 g/mol. The minimum Gasteiger partial charge on any atom is -0.326 e. The molecule has 0 radical (unpaired) electrons. The van der Waals surface area contributed by atoms with Gasteiger partial charge >= 0.3 is 0 Å². The molecule has 1 unspecified atom stereocenters. The third-order valence-corrected chi connectivity index (χ3v) is 8.03. The SMILES string of the molecule is CC(=O)Nc1ccc(N2CC(C(=O)Nc3nnc(CCNS(=O)(=O)c4ccc(C)cc4)s3)CC2=O)cc1. The number of aryl methyl sites for hydroxylation is 1. The van der Waals surface area contributed by atoms with Crippen molar-refractivity contribution in [3.63, 3.8) is 0 Å². The second-order valence-corrected chi connectivity index (χ2v) is 11.4. The summed E-state index contributed by atoms with van der Waals surface area (Å²) in [4.78, 5) is 38.2. The molecule has 2 aromatic carbocycles. The van der Waals surface area contributed by atoms with Crippen LogP contribution in [0.5, 0.6) is 0 Å². The van der Waals surface area contributed by atoms with Crippen LogP contribution in [0.2, 0.25) is 0 Å². The minimum absolute atomic E-state index is 0.0612. The van der Waals surface area contributed by atoms with Gasteiger partial charge < -0.3 is 15.5 Å². The van der Waals surface area contributed by atoms with Crippen molar-refractivity contribution in [3.05, 3.63) is 59.1 Å². The maximum absolute atomic E-state index is 12.8. The Labute approximate surface area is 218 Å². The minimum atomic E-state index is -3.63. The molecule has 1 atom stereocenters. The van der Waals surface area contributed by atoms with Gasteiger partial charge in [-0.3, -0.25) is 14.4 Å². The molecule has 1 saturated heterocycles. The Balaban J connectivity index is 1.28. The van der Waals surface area contributed by atoms with Crippen molar-refractivity contribution in [3.8, 4) is 0 Å². The molecule has 11 nitrogen and oxygen atoms in total. The Kier molecular flexibility index (Phi) is 7.95. The van der Waals surface area contributed by atoms with Crippen molar-refractivity contribution in [1.29, 1.82) is 0 Å². The van der Waals surface area contributed by atoms with Crippen LogP contribution < -0.4 is 20.3 Å². The number of aromatic nitrogens is 2. The summed E-state index contributed by atoms with van der Waals surface area (Å²) in [6.07, 6.45) is 0.370. The van der Waals surface area contributed by atoms with Gasteiger partial charge in [0.15, 0.2) is 0 Å². The molecule has 0 saturated carbocycles. The average molecular weight is 543 g/mol. The standard InChI is InChI=1S/C24H26N6O5S2/c1-15-3-9-20(10-4-15)37(34,35)25-12-11-21-28-29-24(36-21)27-23(33)17-13-22(32)30(14-17)19-7-5-18(6-8-19)26-16(2)31/h3-10,17,25H,11-14H2,1-2H3,(H,26,31)(H,27,29,33). The number of nitrogens with zero attached hydrogens (tertiary/aromatic N) is 3. The highest BCUT2D eigenvalue weighted by molar-refractivity contribution is 7.89. The first-order chi connectivity index (χ1) is 17.6. The van der Waals surface area contributed by atoms with Crippen LogP contribution in [0, 0.1) is 12.8 Å². The lowest BCUT2D eigenvalue weighted by molar-refractivity contribution is -0.122. The Bertz CT molecular complexity index is 1400. The van der Waals surface area contributed by atoms with Crippen molar-refractivity contribution in [1.82, 2.24) is 14.9 Å². The molecule has 1 aromatic heterocycles. The zero-order valence-electron chi connectivity index (χ0n) is 20.2. The van der Waals surface area contributed by atoms with Crippen LogP contribution in [0.4, 0.5) is 16.5 Å². The topological polar surface area (TPSA) is 150 Å². The molecular weight excluding hydrogens is 516 g/mol. The van der Waals surface area contributed by atoms with Gasteiger partial charge in [0.1, 0.15) is 5.01 Å². The smallest absolute Gasteiger partial charge is 0.240 e. The van der Waals surface area contributed by atoms with E-state index in [1.165, 1.54) is 11.8 Å². The molecule has 1 fully saturated rings. The lowest BCUT2D eigenvalue weighted by atomic mass is 10.1. The number of benzene rings is 2. The second-order valence-electron chi connectivity index (χ2n) is 8.58. The third kappa shape index (κ3) is 6.76. The van der Waals surface area contributed by atoms with Crippen molar-refractivity contribution in [2.24, 2.45) is 5.92 Å². The maximum Gasteiger partial charge on any atom is 0.240 e. The largest absolute Gasteiger partial charge is 0.326 e. The van der Waals surface area contributed by atoms with Gasteiger partial charge in [0.05, 0.1) is 10.8 Å². The summed E-state index contributed by atoms with van der Waals surface area (Å²) in [5.74, 6) is -1.26. The zero-order valence-corrected chi connectivity index (χ0v) is 21.9. The molecule has 194 valence electrons. The summed E-state index contributed by atoms with van der Waals surface area (Å²) >= 11 is 1.15. The highest BCUT2D eigenvalue weighted by Crippen LogP contribution is 2.27.